The minimum atomic E-state index is -2.69. The number of halogens is 2. The number of alkyl halides is 2. The number of carbonyl (C=O) groups is 1. The van der Waals surface area contributed by atoms with Crippen molar-refractivity contribution in [3.05, 3.63) is 66.0 Å². The van der Waals surface area contributed by atoms with Crippen molar-refractivity contribution in [3.63, 3.8) is 0 Å². The molecular formula is C24H20F2N6O. The molecule has 3 heterocycles. The Morgan fingerprint density at radius 3 is 2.79 bits per heavy atom. The maximum atomic E-state index is 13.2. The highest BCUT2D eigenvalue weighted by molar-refractivity contribution is 5.83. The third-order valence-electron chi connectivity index (χ3n) is 6.31. The number of H-pyrrole nitrogens is 1. The smallest absolute Gasteiger partial charge is 0.249 e. The van der Waals surface area contributed by atoms with E-state index in [1.165, 1.54) is 0 Å². The number of anilines is 2. The lowest BCUT2D eigenvalue weighted by atomic mass is 9.80. The van der Waals surface area contributed by atoms with Gasteiger partial charge in [0.25, 0.3) is 0 Å². The first kappa shape index (κ1) is 19.8. The summed E-state index contributed by atoms with van der Waals surface area (Å²) in [6.45, 7) is 0.877. The van der Waals surface area contributed by atoms with Crippen molar-refractivity contribution < 1.29 is 13.6 Å². The second-order valence-corrected chi connectivity index (χ2v) is 8.70. The second kappa shape index (κ2) is 7.33. The molecule has 2 aromatic heterocycles. The van der Waals surface area contributed by atoms with E-state index in [9.17, 15) is 13.6 Å². The van der Waals surface area contributed by atoms with Gasteiger partial charge in [-0.2, -0.15) is 5.10 Å². The van der Waals surface area contributed by atoms with Crippen LogP contribution in [-0.4, -0.2) is 36.9 Å². The number of rotatable bonds is 4. The zero-order valence-electron chi connectivity index (χ0n) is 17.6. The Labute approximate surface area is 187 Å². The van der Waals surface area contributed by atoms with Crippen LogP contribution in [0.5, 0.6) is 0 Å². The molecule has 33 heavy (non-hydrogen) atoms. The molecule has 2 N–H and O–H groups in total. The van der Waals surface area contributed by atoms with Gasteiger partial charge in [-0.05, 0) is 41.5 Å². The fraction of sp³-hybridized carbons (Fsp3) is 0.250. The number of nitrogens with zero attached hydrogens (tertiary/aromatic N) is 4. The van der Waals surface area contributed by atoms with Crippen LogP contribution in [0.2, 0.25) is 0 Å². The van der Waals surface area contributed by atoms with Gasteiger partial charge in [0.05, 0.1) is 11.7 Å². The first-order valence-corrected chi connectivity index (χ1v) is 10.8. The average Bonchev–Trinajstić information content (AvgIpc) is 3.43. The van der Waals surface area contributed by atoms with Crippen molar-refractivity contribution in [2.24, 2.45) is 5.92 Å². The molecule has 1 fully saturated rings. The predicted molar refractivity (Wildman–Crippen MR) is 119 cm³/mol. The Morgan fingerprint density at radius 1 is 1.09 bits per heavy atom. The van der Waals surface area contributed by atoms with Crippen molar-refractivity contribution >= 4 is 28.3 Å². The predicted octanol–water partition coefficient (Wildman–Crippen LogP) is 4.65. The quantitative estimate of drug-likeness (QED) is 0.477. The van der Waals surface area contributed by atoms with Gasteiger partial charge in [-0.1, -0.05) is 12.1 Å². The van der Waals surface area contributed by atoms with Crippen LogP contribution in [0.1, 0.15) is 24.0 Å². The molecule has 1 amide bonds. The van der Waals surface area contributed by atoms with E-state index < -0.39 is 11.8 Å². The molecule has 166 valence electrons. The third kappa shape index (κ3) is 3.69. The maximum absolute atomic E-state index is 13.2. The van der Waals surface area contributed by atoms with Crippen molar-refractivity contribution in [1.29, 1.82) is 0 Å². The number of hydrogen-bond acceptors (Lipinski definition) is 5. The summed E-state index contributed by atoms with van der Waals surface area (Å²) in [6, 6.07) is 13.6. The van der Waals surface area contributed by atoms with E-state index in [0.717, 1.165) is 33.3 Å². The van der Waals surface area contributed by atoms with E-state index in [2.05, 4.69) is 25.5 Å². The van der Waals surface area contributed by atoms with Gasteiger partial charge < -0.3 is 10.2 Å². The summed E-state index contributed by atoms with van der Waals surface area (Å²) in [5.74, 6) is -2.22. The molecule has 0 bridgehead atoms. The Balaban J connectivity index is 1.19. The summed E-state index contributed by atoms with van der Waals surface area (Å²) >= 11 is 0. The number of hydrogen-bond donors (Lipinski definition) is 2. The zero-order chi connectivity index (χ0) is 22.6. The van der Waals surface area contributed by atoms with E-state index in [1.807, 2.05) is 36.4 Å². The molecule has 0 saturated heterocycles. The highest BCUT2D eigenvalue weighted by Crippen LogP contribution is 2.44. The highest BCUT2D eigenvalue weighted by Gasteiger charge is 2.50. The van der Waals surface area contributed by atoms with Crippen molar-refractivity contribution in [3.8, 4) is 11.4 Å². The summed E-state index contributed by atoms with van der Waals surface area (Å²) in [5.41, 5.74) is 4.71. The lowest BCUT2D eigenvalue weighted by molar-refractivity contribution is -0.160. The van der Waals surface area contributed by atoms with Crippen LogP contribution in [-0.2, 0) is 17.9 Å². The standard InChI is InChI=1S/C24H20F2N6O/c25-24(26)9-18(10-24)23(33)32-12-15-2-1-14(7-17(15)13-32)22-27-6-5-21(30-22)29-19-3-4-20-16(8-19)11-28-31-20/h1-8,11,18H,9-10,12-13H2,(H,28,31)(H,27,29,30). The van der Waals surface area contributed by atoms with E-state index >= 15 is 0 Å². The van der Waals surface area contributed by atoms with Crippen molar-refractivity contribution in [2.45, 2.75) is 31.9 Å². The molecule has 0 unspecified atom stereocenters. The molecular weight excluding hydrogens is 426 g/mol. The summed E-state index contributed by atoms with van der Waals surface area (Å²) in [6.07, 6.45) is 2.78. The van der Waals surface area contributed by atoms with Gasteiger partial charge in [0.1, 0.15) is 5.82 Å². The maximum Gasteiger partial charge on any atom is 0.249 e. The lowest BCUT2D eigenvalue weighted by Crippen LogP contribution is -2.45. The third-order valence-corrected chi connectivity index (χ3v) is 6.31. The van der Waals surface area contributed by atoms with Crippen molar-refractivity contribution in [1.82, 2.24) is 25.1 Å². The van der Waals surface area contributed by atoms with Crippen LogP contribution in [0.3, 0.4) is 0 Å². The number of nitrogens with one attached hydrogen (secondary N) is 2. The minimum Gasteiger partial charge on any atom is -0.340 e. The SMILES string of the molecule is O=C(C1CC(F)(F)C1)N1Cc2ccc(-c3nccc(Nc4ccc5[nH]ncc5c4)n3)cc2C1. The Morgan fingerprint density at radius 2 is 1.94 bits per heavy atom. The lowest BCUT2D eigenvalue weighted by Gasteiger charge is -2.36. The van der Waals surface area contributed by atoms with Crippen LogP contribution < -0.4 is 5.32 Å². The highest BCUT2D eigenvalue weighted by atomic mass is 19.3. The first-order chi connectivity index (χ1) is 15.9. The summed E-state index contributed by atoms with van der Waals surface area (Å²) < 4.78 is 26.3. The molecule has 1 aliphatic heterocycles. The monoisotopic (exact) mass is 446 g/mol. The molecule has 1 saturated carbocycles. The topological polar surface area (TPSA) is 86.8 Å². The normalized spacial score (nSPS) is 17.1. The van der Waals surface area contributed by atoms with Gasteiger partial charge in [-0.25, -0.2) is 18.7 Å². The molecule has 6 rings (SSSR count). The number of aromatic nitrogens is 4. The van der Waals surface area contributed by atoms with Gasteiger partial charge in [0, 0.05) is 54.7 Å². The molecule has 0 atom stereocenters. The van der Waals surface area contributed by atoms with Gasteiger partial charge >= 0.3 is 0 Å². The van der Waals surface area contributed by atoms with E-state index in [-0.39, 0.29) is 18.7 Å². The van der Waals surface area contributed by atoms with Crippen molar-refractivity contribution in [2.75, 3.05) is 5.32 Å². The number of fused-ring (bicyclic) bond motifs is 2. The summed E-state index contributed by atoms with van der Waals surface area (Å²) in [7, 11) is 0. The van der Waals surface area contributed by atoms with E-state index in [0.29, 0.717) is 24.7 Å². The molecule has 4 aromatic rings. The Kier molecular flexibility index (Phi) is 4.39. The van der Waals surface area contributed by atoms with Crippen LogP contribution in [0.4, 0.5) is 20.3 Å². The molecule has 2 aromatic carbocycles. The van der Waals surface area contributed by atoms with Crippen LogP contribution >= 0.6 is 0 Å². The first-order valence-electron chi connectivity index (χ1n) is 10.8. The molecule has 7 nitrogen and oxygen atoms in total. The number of benzene rings is 2. The van der Waals surface area contributed by atoms with E-state index in [1.54, 1.807) is 23.4 Å². The second-order valence-electron chi connectivity index (χ2n) is 8.70. The van der Waals surface area contributed by atoms with Gasteiger partial charge in [-0.3, -0.25) is 9.89 Å². The zero-order valence-corrected chi connectivity index (χ0v) is 17.6. The Hall–Kier alpha value is -3.88. The fourth-order valence-corrected chi connectivity index (χ4v) is 4.52. The van der Waals surface area contributed by atoms with Crippen LogP contribution in [0, 0.1) is 5.92 Å². The largest absolute Gasteiger partial charge is 0.340 e. The summed E-state index contributed by atoms with van der Waals surface area (Å²) in [5, 5.41) is 11.3. The number of aromatic amines is 1. The molecule has 1 aliphatic carbocycles. The molecule has 0 radical (unpaired) electrons. The van der Waals surface area contributed by atoms with E-state index in [4.69, 9.17) is 0 Å². The minimum absolute atomic E-state index is 0.185. The molecule has 2 aliphatic rings. The van der Waals surface area contributed by atoms with Gasteiger partial charge in [0.15, 0.2) is 5.82 Å². The summed E-state index contributed by atoms with van der Waals surface area (Å²) in [4.78, 5) is 23.3. The average molecular weight is 446 g/mol. The Bertz CT molecular complexity index is 1380. The number of amides is 1. The molecule has 9 heteroatoms. The number of carbonyl (C=O) groups excluding carboxylic acids is 1. The van der Waals surface area contributed by atoms with Crippen LogP contribution in [0.15, 0.2) is 54.9 Å². The fourth-order valence-electron chi connectivity index (χ4n) is 4.52. The van der Waals surface area contributed by atoms with Gasteiger partial charge in [-0.15, -0.1) is 0 Å². The molecule has 0 spiro atoms. The van der Waals surface area contributed by atoms with Gasteiger partial charge in [0.2, 0.25) is 11.8 Å². The van der Waals surface area contributed by atoms with Crippen LogP contribution in [0.25, 0.3) is 22.3 Å².